The van der Waals surface area contributed by atoms with Crippen LogP contribution >= 0.6 is 0 Å². The third-order valence-corrected chi connectivity index (χ3v) is 5.49. The predicted octanol–water partition coefficient (Wildman–Crippen LogP) is 2.06. The Labute approximate surface area is 157 Å². The zero-order valence-corrected chi connectivity index (χ0v) is 15.8. The largest absolute Gasteiger partial charge is 0.496 e. The summed E-state index contributed by atoms with van der Waals surface area (Å²) < 4.78 is 35.1. The first kappa shape index (κ1) is 18.9. The monoisotopic (exact) mass is 389 g/mol. The van der Waals surface area contributed by atoms with E-state index in [1.807, 2.05) is 0 Å². The summed E-state index contributed by atoms with van der Waals surface area (Å²) in [5, 5.41) is 0. The van der Waals surface area contributed by atoms with Crippen LogP contribution in [0.2, 0.25) is 0 Å². The van der Waals surface area contributed by atoms with Gasteiger partial charge in [-0.15, -0.1) is 0 Å². The maximum atomic E-state index is 12.3. The van der Waals surface area contributed by atoms with E-state index in [0.717, 1.165) is 11.8 Å². The number of esters is 1. The Balaban J connectivity index is 1.70. The average Bonchev–Trinajstić information content (AvgIpc) is 3.09. The molecule has 0 saturated carbocycles. The molecule has 1 aliphatic rings. The summed E-state index contributed by atoms with van der Waals surface area (Å²) in [5.74, 6) is -0.596. The summed E-state index contributed by atoms with van der Waals surface area (Å²) in [6.45, 7) is -0.0648. The van der Waals surface area contributed by atoms with Crippen molar-refractivity contribution >= 4 is 27.5 Å². The van der Waals surface area contributed by atoms with Crippen LogP contribution in [0.3, 0.4) is 0 Å². The molecule has 0 aliphatic carbocycles. The molecule has 1 heterocycles. The number of hydrogen-bond donors (Lipinski definition) is 0. The molecule has 0 atom stereocenters. The van der Waals surface area contributed by atoms with Crippen molar-refractivity contribution in [2.45, 2.75) is 6.42 Å². The Hall–Kier alpha value is -2.87. The molecule has 2 aromatic carbocycles. The van der Waals surface area contributed by atoms with E-state index in [9.17, 15) is 18.0 Å². The molecule has 0 aromatic heterocycles. The van der Waals surface area contributed by atoms with Crippen molar-refractivity contribution in [1.82, 2.24) is 0 Å². The van der Waals surface area contributed by atoms with Gasteiger partial charge in [-0.2, -0.15) is 0 Å². The highest BCUT2D eigenvalue weighted by molar-refractivity contribution is 7.92. The molecule has 8 heteroatoms. The number of rotatable bonds is 6. The molecule has 0 unspecified atom stereocenters. The van der Waals surface area contributed by atoms with Crippen molar-refractivity contribution in [2.24, 2.45) is 0 Å². The van der Waals surface area contributed by atoms with Crippen molar-refractivity contribution in [1.29, 1.82) is 0 Å². The number of hydrogen-bond acceptors (Lipinski definition) is 6. The number of ketones is 1. The SMILES string of the molecule is COc1ccccc1C(=O)COC(=O)c1ccc2c(c1)CCN2S(C)(=O)=O. The first-order valence-electron chi connectivity index (χ1n) is 8.25. The fraction of sp³-hybridized carbons (Fsp3) is 0.263. The van der Waals surface area contributed by atoms with Gasteiger partial charge in [-0.25, -0.2) is 13.2 Å². The van der Waals surface area contributed by atoms with E-state index in [1.165, 1.54) is 17.5 Å². The number of nitrogens with zero attached hydrogens (tertiary/aromatic N) is 1. The molecule has 2 aromatic rings. The van der Waals surface area contributed by atoms with Crippen molar-refractivity contribution in [3.05, 3.63) is 59.2 Å². The minimum Gasteiger partial charge on any atom is -0.496 e. The number of benzene rings is 2. The summed E-state index contributed by atoms with van der Waals surface area (Å²) in [6.07, 6.45) is 1.66. The Morgan fingerprint density at radius 3 is 2.59 bits per heavy atom. The van der Waals surface area contributed by atoms with E-state index in [1.54, 1.807) is 36.4 Å². The number of carbonyl (C=O) groups is 2. The quantitative estimate of drug-likeness (QED) is 0.555. The highest BCUT2D eigenvalue weighted by Crippen LogP contribution is 2.30. The number of fused-ring (bicyclic) bond motifs is 1. The molecule has 0 N–H and O–H groups in total. The first-order valence-corrected chi connectivity index (χ1v) is 10.1. The molecular formula is C19H19NO6S. The lowest BCUT2D eigenvalue weighted by Crippen LogP contribution is -2.27. The van der Waals surface area contributed by atoms with Crippen LogP contribution in [0.15, 0.2) is 42.5 Å². The van der Waals surface area contributed by atoms with E-state index >= 15 is 0 Å². The normalized spacial score (nSPS) is 13.2. The standard InChI is InChI=1S/C19H19NO6S/c1-25-18-6-4-3-5-15(18)17(21)12-26-19(22)14-7-8-16-13(11-14)9-10-20(16)27(2,23)24/h3-8,11H,9-10,12H2,1-2H3. The van der Waals surface area contributed by atoms with Crippen molar-refractivity contribution in [3.8, 4) is 5.75 Å². The molecule has 0 bridgehead atoms. The number of carbonyl (C=O) groups excluding carboxylic acids is 2. The van der Waals surface area contributed by atoms with E-state index < -0.39 is 22.6 Å². The zero-order valence-electron chi connectivity index (χ0n) is 15.0. The maximum absolute atomic E-state index is 12.3. The van der Waals surface area contributed by atoms with Crippen LogP contribution in [0, 0.1) is 0 Å². The fourth-order valence-electron chi connectivity index (χ4n) is 3.01. The number of Topliss-reactive ketones (excluding diaryl/α,β-unsaturated/α-hetero) is 1. The summed E-state index contributed by atoms with van der Waals surface area (Å²) >= 11 is 0. The molecule has 142 valence electrons. The summed E-state index contributed by atoms with van der Waals surface area (Å²) in [6, 6.07) is 11.4. The van der Waals surface area contributed by atoms with E-state index in [4.69, 9.17) is 9.47 Å². The molecule has 3 rings (SSSR count). The molecule has 7 nitrogen and oxygen atoms in total. The lowest BCUT2D eigenvalue weighted by Gasteiger charge is -2.16. The molecule has 0 saturated heterocycles. The van der Waals surface area contributed by atoms with Gasteiger partial charge in [0, 0.05) is 6.54 Å². The van der Waals surface area contributed by atoms with Gasteiger partial charge < -0.3 is 9.47 Å². The summed E-state index contributed by atoms with van der Waals surface area (Å²) in [4.78, 5) is 24.5. The van der Waals surface area contributed by atoms with Gasteiger partial charge in [0.25, 0.3) is 0 Å². The number of para-hydroxylation sites is 1. The van der Waals surface area contributed by atoms with Gasteiger partial charge in [-0.1, -0.05) is 12.1 Å². The lowest BCUT2D eigenvalue weighted by atomic mass is 10.1. The van der Waals surface area contributed by atoms with Gasteiger partial charge >= 0.3 is 5.97 Å². The molecule has 1 aliphatic heterocycles. The van der Waals surface area contributed by atoms with E-state index in [2.05, 4.69) is 0 Å². The van der Waals surface area contributed by atoms with Crippen LogP contribution in [0.4, 0.5) is 5.69 Å². The van der Waals surface area contributed by atoms with Crippen molar-refractivity contribution in [2.75, 3.05) is 30.8 Å². The molecule has 0 amide bonds. The van der Waals surface area contributed by atoms with E-state index in [-0.39, 0.29) is 11.3 Å². The second kappa shape index (κ2) is 7.40. The van der Waals surface area contributed by atoms with Gasteiger partial charge in [0.1, 0.15) is 5.75 Å². The molecule has 27 heavy (non-hydrogen) atoms. The summed E-state index contributed by atoms with van der Waals surface area (Å²) in [7, 11) is -1.89. The fourth-order valence-corrected chi connectivity index (χ4v) is 3.97. The summed E-state index contributed by atoms with van der Waals surface area (Å²) in [5.41, 5.74) is 1.94. The van der Waals surface area contributed by atoms with Crippen LogP contribution in [0.25, 0.3) is 0 Å². The van der Waals surface area contributed by atoms with Crippen LogP contribution in [-0.2, 0) is 21.2 Å². The Morgan fingerprint density at radius 2 is 1.89 bits per heavy atom. The number of methoxy groups -OCH3 is 1. The first-order chi connectivity index (χ1) is 12.8. The molecule has 0 spiro atoms. The minimum absolute atomic E-state index is 0.275. The molecular weight excluding hydrogens is 370 g/mol. The van der Waals surface area contributed by atoms with Crippen LogP contribution in [0.1, 0.15) is 26.3 Å². The van der Waals surface area contributed by atoms with Crippen LogP contribution in [0.5, 0.6) is 5.75 Å². The molecule has 0 fully saturated rings. The number of ether oxygens (including phenoxy) is 2. The third-order valence-electron chi connectivity index (χ3n) is 4.31. The van der Waals surface area contributed by atoms with Gasteiger partial charge in [0.2, 0.25) is 15.8 Å². The third kappa shape index (κ3) is 3.95. The van der Waals surface area contributed by atoms with Gasteiger partial charge in [0.15, 0.2) is 6.61 Å². The van der Waals surface area contributed by atoms with E-state index in [0.29, 0.717) is 30.0 Å². The topological polar surface area (TPSA) is 90.0 Å². The van der Waals surface area contributed by atoms with Crippen molar-refractivity contribution in [3.63, 3.8) is 0 Å². The van der Waals surface area contributed by atoms with Crippen LogP contribution in [-0.4, -0.2) is 46.7 Å². The molecule has 0 radical (unpaired) electrons. The van der Waals surface area contributed by atoms with Crippen LogP contribution < -0.4 is 9.04 Å². The zero-order chi connectivity index (χ0) is 19.6. The average molecular weight is 389 g/mol. The number of anilines is 1. The Bertz CT molecular complexity index is 999. The highest BCUT2D eigenvalue weighted by atomic mass is 32.2. The minimum atomic E-state index is -3.35. The number of sulfonamides is 1. The highest BCUT2D eigenvalue weighted by Gasteiger charge is 2.27. The van der Waals surface area contributed by atoms with Gasteiger partial charge in [0.05, 0.1) is 30.2 Å². The smallest absolute Gasteiger partial charge is 0.338 e. The van der Waals surface area contributed by atoms with Gasteiger partial charge in [-0.3, -0.25) is 9.10 Å². The predicted molar refractivity (Wildman–Crippen MR) is 99.9 cm³/mol. The maximum Gasteiger partial charge on any atom is 0.338 e. The lowest BCUT2D eigenvalue weighted by molar-refractivity contribution is 0.0474. The van der Waals surface area contributed by atoms with Crippen molar-refractivity contribution < 1.29 is 27.5 Å². The Kier molecular flexibility index (Phi) is 5.18. The van der Waals surface area contributed by atoms with Gasteiger partial charge in [-0.05, 0) is 42.3 Å². The second-order valence-electron chi connectivity index (χ2n) is 6.13. The Morgan fingerprint density at radius 1 is 1.15 bits per heavy atom. The second-order valence-corrected chi connectivity index (χ2v) is 8.04.